The zero-order valence-electron chi connectivity index (χ0n) is 13.9. The van der Waals surface area contributed by atoms with Crippen LogP contribution in [0.25, 0.3) is 0 Å². The highest BCUT2D eigenvalue weighted by Gasteiger charge is 2.13. The minimum atomic E-state index is -4.19. The lowest BCUT2D eigenvalue weighted by Crippen LogP contribution is -2.03. The molecule has 0 bridgehead atoms. The third-order valence-corrected chi connectivity index (χ3v) is 3.42. The van der Waals surface area contributed by atoms with E-state index in [0.717, 1.165) is 0 Å². The first-order valence-corrected chi connectivity index (χ1v) is 9.42. The molecule has 0 aliphatic rings. The van der Waals surface area contributed by atoms with Crippen molar-refractivity contribution in [3.63, 3.8) is 0 Å². The number of rotatable bonds is 3. The molecule has 0 atom stereocenters. The SMILES string of the molecule is Cc1c(C(C)C)cc(C(C)C)cc1C(C)C.O=S(=O)(O)Cl. The van der Waals surface area contributed by atoms with E-state index in [-0.39, 0.29) is 0 Å². The summed E-state index contributed by atoms with van der Waals surface area (Å²) < 4.78 is 25.2. The van der Waals surface area contributed by atoms with Crippen LogP contribution in [0.4, 0.5) is 0 Å². The van der Waals surface area contributed by atoms with Crippen LogP contribution in [0, 0.1) is 6.92 Å². The summed E-state index contributed by atoms with van der Waals surface area (Å²) in [5.74, 6) is 1.86. The van der Waals surface area contributed by atoms with Crippen LogP contribution in [0.3, 0.4) is 0 Å². The van der Waals surface area contributed by atoms with Crippen molar-refractivity contribution in [1.29, 1.82) is 0 Å². The van der Waals surface area contributed by atoms with Gasteiger partial charge in [0, 0.05) is 10.7 Å². The molecule has 5 heteroatoms. The normalized spacial score (nSPS) is 11.8. The molecular weight excluding hydrogens is 308 g/mol. The minimum Gasteiger partial charge on any atom is -0.273 e. The summed E-state index contributed by atoms with van der Waals surface area (Å²) in [6.07, 6.45) is 0. The maximum atomic E-state index is 8.95. The molecule has 0 heterocycles. The van der Waals surface area contributed by atoms with E-state index >= 15 is 0 Å². The summed E-state index contributed by atoms with van der Waals surface area (Å²) in [5, 5.41) is 0. The van der Waals surface area contributed by atoms with Crippen LogP contribution in [0.5, 0.6) is 0 Å². The largest absolute Gasteiger partial charge is 0.353 e. The van der Waals surface area contributed by atoms with E-state index in [1.807, 2.05) is 0 Å². The predicted octanol–water partition coefficient (Wildman–Crippen LogP) is 5.39. The Labute approximate surface area is 134 Å². The van der Waals surface area contributed by atoms with Gasteiger partial charge in [-0.25, -0.2) is 0 Å². The standard InChI is InChI=1S/C16H26.ClHO3S/c1-10(2)14-8-15(11(3)4)13(7)16(9-14)12(5)6;1-5(2,3)4/h8-12H,1-7H3;(H,2,3,4). The lowest BCUT2D eigenvalue weighted by atomic mass is 9.85. The smallest absolute Gasteiger partial charge is 0.273 e. The van der Waals surface area contributed by atoms with E-state index < -0.39 is 9.33 Å². The van der Waals surface area contributed by atoms with Crippen molar-refractivity contribution < 1.29 is 13.0 Å². The van der Waals surface area contributed by atoms with Gasteiger partial charge in [0.05, 0.1) is 0 Å². The maximum Gasteiger partial charge on any atom is 0.353 e. The quantitative estimate of drug-likeness (QED) is 0.595. The van der Waals surface area contributed by atoms with E-state index in [1.54, 1.807) is 0 Å². The van der Waals surface area contributed by atoms with Crippen LogP contribution in [0.15, 0.2) is 12.1 Å². The van der Waals surface area contributed by atoms with Crippen molar-refractivity contribution in [2.75, 3.05) is 0 Å². The molecule has 1 rings (SSSR count). The first-order valence-electron chi connectivity index (χ1n) is 7.16. The molecule has 21 heavy (non-hydrogen) atoms. The molecule has 0 aromatic heterocycles. The Morgan fingerprint density at radius 1 is 0.905 bits per heavy atom. The Bertz CT molecular complexity index is 524. The van der Waals surface area contributed by atoms with Crippen molar-refractivity contribution in [3.05, 3.63) is 34.4 Å². The minimum absolute atomic E-state index is 0.621. The van der Waals surface area contributed by atoms with Crippen molar-refractivity contribution in [1.82, 2.24) is 0 Å². The molecule has 0 spiro atoms. The molecule has 0 unspecified atom stereocenters. The molecule has 0 aliphatic carbocycles. The van der Waals surface area contributed by atoms with E-state index in [9.17, 15) is 0 Å². The molecule has 0 amide bonds. The van der Waals surface area contributed by atoms with Crippen LogP contribution in [-0.2, 0) is 9.33 Å². The summed E-state index contributed by atoms with van der Waals surface area (Å²) in [4.78, 5) is 0. The monoisotopic (exact) mass is 334 g/mol. The second-order valence-electron chi connectivity index (χ2n) is 6.20. The molecule has 0 radical (unpaired) electrons. The number of hydrogen-bond acceptors (Lipinski definition) is 2. The Morgan fingerprint density at radius 3 is 1.38 bits per heavy atom. The fourth-order valence-corrected chi connectivity index (χ4v) is 2.32. The Morgan fingerprint density at radius 2 is 1.19 bits per heavy atom. The van der Waals surface area contributed by atoms with Gasteiger partial charge in [0.2, 0.25) is 0 Å². The molecule has 1 aromatic rings. The van der Waals surface area contributed by atoms with Gasteiger partial charge in [-0.1, -0.05) is 53.7 Å². The molecule has 1 N–H and O–H groups in total. The van der Waals surface area contributed by atoms with Gasteiger partial charge in [-0.15, -0.1) is 0 Å². The zero-order chi connectivity index (χ0) is 17.0. The van der Waals surface area contributed by atoms with E-state index in [1.165, 1.54) is 22.3 Å². The van der Waals surface area contributed by atoms with Crippen LogP contribution >= 0.6 is 10.7 Å². The summed E-state index contributed by atoms with van der Waals surface area (Å²) >= 11 is 0. The fourth-order valence-electron chi connectivity index (χ4n) is 2.32. The van der Waals surface area contributed by atoms with Gasteiger partial charge in [0.25, 0.3) is 0 Å². The van der Waals surface area contributed by atoms with Gasteiger partial charge in [-0.05, 0) is 46.9 Å². The van der Waals surface area contributed by atoms with Gasteiger partial charge in [-0.3, -0.25) is 4.55 Å². The second-order valence-corrected chi connectivity index (χ2v) is 8.19. The average Bonchev–Trinajstić information content (AvgIpc) is 2.25. The number of benzene rings is 1. The third-order valence-electron chi connectivity index (χ3n) is 3.42. The molecule has 3 nitrogen and oxygen atoms in total. The van der Waals surface area contributed by atoms with Crippen LogP contribution in [-0.4, -0.2) is 13.0 Å². The summed E-state index contributed by atoms with van der Waals surface area (Å²) in [5.41, 5.74) is 6.03. The highest BCUT2D eigenvalue weighted by Crippen LogP contribution is 2.31. The lowest BCUT2D eigenvalue weighted by molar-refractivity contribution is 0.501. The van der Waals surface area contributed by atoms with Crippen LogP contribution in [0.2, 0.25) is 0 Å². The maximum absolute atomic E-state index is 8.95. The topological polar surface area (TPSA) is 54.4 Å². The fraction of sp³-hybridized carbons (Fsp3) is 0.625. The van der Waals surface area contributed by atoms with Gasteiger partial charge in [0.15, 0.2) is 0 Å². The second kappa shape index (κ2) is 8.16. The van der Waals surface area contributed by atoms with E-state index in [4.69, 9.17) is 13.0 Å². The molecular formula is C16H27ClO3S. The van der Waals surface area contributed by atoms with Crippen molar-refractivity contribution in [2.24, 2.45) is 0 Å². The van der Waals surface area contributed by atoms with E-state index in [2.05, 4.69) is 71.3 Å². The van der Waals surface area contributed by atoms with Gasteiger partial charge in [-0.2, -0.15) is 8.42 Å². The molecule has 0 saturated carbocycles. The van der Waals surface area contributed by atoms with Crippen molar-refractivity contribution in [3.8, 4) is 0 Å². The third kappa shape index (κ3) is 7.84. The van der Waals surface area contributed by atoms with Gasteiger partial charge in [0.1, 0.15) is 0 Å². The molecule has 0 aliphatic heterocycles. The molecule has 122 valence electrons. The highest BCUT2D eigenvalue weighted by molar-refractivity contribution is 8.09. The average molecular weight is 335 g/mol. The van der Waals surface area contributed by atoms with E-state index in [0.29, 0.717) is 17.8 Å². The zero-order valence-corrected chi connectivity index (χ0v) is 15.5. The Hall–Kier alpha value is -0.580. The van der Waals surface area contributed by atoms with Crippen LogP contribution < -0.4 is 0 Å². The van der Waals surface area contributed by atoms with Gasteiger partial charge >= 0.3 is 9.33 Å². The van der Waals surface area contributed by atoms with Gasteiger partial charge < -0.3 is 0 Å². The molecule has 0 fully saturated rings. The number of halogens is 1. The first kappa shape index (κ1) is 20.4. The first-order chi connectivity index (χ1) is 9.34. The summed E-state index contributed by atoms with van der Waals surface area (Å²) in [7, 11) is -0.137. The highest BCUT2D eigenvalue weighted by atomic mass is 35.7. The molecule has 0 saturated heterocycles. The summed E-state index contributed by atoms with van der Waals surface area (Å²) in [6.45, 7) is 16.0. The Balaban J connectivity index is 0.000000690. The lowest BCUT2D eigenvalue weighted by Gasteiger charge is -2.20. The predicted molar refractivity (Wildman–Crippen MR) is 90.8 cm³/mol. The Kier molecular flexibility index (Phi) is 7.93. The van der Waals surface area contributed by atoms with Crippen LogP contribution in [0.1, 0.15) is 81.5 Å². The number of hydrogen-bond donors (Lipinski definition) is 1. The molecule has 1 aromatic carbocycles. The van der Waals surface area contributed by atoms with Crippen molar-refractivity contribution in [2.45, 2.75) is 66.2 Å². The summed E-state index contributed by atoms with van der Waals surface area (Å²) in [6, 6.07) is 4.80. The van der Waals surface area contributed by atoms with Crippen molar-refractivity contribution >= 4 is 20.0 Å².